The topological polar surface area (TPSA) is 21.3 Å². The molecule has 0 amide bonds. The van der Waals surface area contributed by atoms with E-state index in [4.69, 9.17) is 4.74 Å². The van der Waals surface area contributed by atoms with Gasteiger partial charge in [-0.05, 0) is 31.9 Å². The molecule has 1 aliphatic rings. The van der Waals surface area contributed by atoms with E-state index < -0.39 is 0 Å². The van der Waals surface area contributed by atoms with Crippen LogP contribution in [-0.2, 0) is 0 Å². The summed E-state index contributed by atoms with van der Waals surface area (Å²) in [5, 5.41) is 3.62. The Morgan fingerprint density at radius 2 is 2.06 bits per heavy atom. The number of benzene rings is 1. The molecule has 0 saturated carbocycles. The number of hydrogen-bond donors (Lipinski definition) is 1. The zero-order valence-electron chi connectivity index (χ0n) is 11.1. The first-order valence-corrected chi connectivity index (χ1v) is 6.77. The van der Waals surface area contributed by atoms with Gasteiger partial charge in [0.05, 0.1) is 6.04 Å². The second-order valence-electron chi connectivity index (χ2n) is 4.87. The van der Waals surface area contributed by atoms with Gasteiger partial charge in [-0.25, -0.2) is 0 Å². The molecule has 17 heavy (non-hydrogen) atoms. The predicted molar refractivity (Wildman–Crippen MR) is 71.5 cm³/mol. The van der Waals surface area contributed by atoms with Gasteiger partial charge in [0.15, 0.2) is 0 Å². The van der Waals surface area contributed by atoms with E-state index in [9.17, 15) is 0 Å². The number of ether oxygens (including phenoxy) is 1. The highest BCUT2D eigenvalue weighted by atomic mass is 16.5. The molecule has 0 radical (unpaired) electrons. The summed E-state index contributed by atoms with van der Waals surface area (Å²) < 4.78 is 6.13. The summed E-state index contributed by atoms with van der Waals surface area (Å²) in [7, 11) is 0. The first-order valence-electron chi connectivity index (χ1n) is 6.77. The summed E-state index contributed by atoms with van der Waals surface area (Å²) in [6, 6.07) is 6.84. The molecule has 0 aliphatic carbocycles. The molecule has 1 N–H and O–H groups in total. The molecule has 0 fully saturated rings. The largest absolute Gasteiger partial charge is 0.488 e. The zero-order valence-corrected chi connectivity index (χ0v) is 11.1. The Balaban J connectivity index is 2.23. The summed E-state index contributed by atoms with van der Waals surface area (Å²) in [6.45, 7) is 7.61. The van der Waals surface area contributed by atoms with Crippen LogP contribution in [0.25, 0.3) is 0 Å². The van der Waals surface area contributed by atoms with Crippen molar-refractivity contribution in [3.05, 3.63) is 29.3 Å². The van der Waals surface area contributed by atoms with Crippen LogP contribution in [0.15, 0.2) is 18.2 Å². The van der Waals surface area contributed by atoms with Crippen molar-refractivity contribution < 1.29 is 4.74 Å². The molecule has 0 bridgehead atoms. The van der Waals surface area contributed by atoms with E-state index >= 15 is 0 Å². The van der Waals surface area contributed by atoms with E-state index in [0.29, 0.717) is 12.1 Å². The third kappa shape index (κ3) is 2.47. The summed E-state index contributed by atoms with van der Waals surface area (Å²) in [6.07, 6.45) is 3.76. The lowest BCUT2D eigenvalue weighted by molar-refractivity contribution is 0.177. The molecule has 1 aliphatic heterocycles. The molecule has 1 aromatic rings. The van der Waals surface area contributed by atoms with Crippen LogP contribution in [0.3, 0.4) is 0 Å². The summed E-state index contributed by atoms with van der Waals surface area (Å²) in [5.74, 6) is 1.11. The zero-order chi connectivity index (χ0) is 12.3. The van der Waals surface area contributed by atoms with Crippen LogP contribution >= 0.6 is 0 Å². The minimum atomic E-state index is 0.308. The maximum atomic E-state index is 6.13. The molecular formula is C15H23NO. The van der Waals surface area contributed by atoms with Gasteiger partial charge in [-0.3, -0.25) is 0 Å². The molecule has 0 spiro atoms. The monoisotopic (exact) mass is 233 g/mol. The number of hydrogen-bond acceptors (Lipinski definition) is 2. The van der Waals surface area contributed by atoms with Crippen molar-refractivity contribution in [2.75, 3.05) is 6.54 Å². The maximum absolute atomic E-state index is 6.13. The predicted octanol–water partition coefficient (Wildman–Crippen LogP) is 3.60. The second kappa shape index (κ2) is 5.54. The minimum Gasteiger partial charge on any atom is -0.488 e. The normalized spacial score (nSPS) is 22.3. The van der Waals surface area contributed by atoms with E-state index in [1.54, 1.807) is 0 Å². The molecule has 2 nitrogen and oxygen atoms in total. The smallest absolute Gasteiger partial charge is 0.127 e. The molecule has 2 unspecified atom stereocenters. The standard InChI is InChI=1S/C15H23NO/c1-4-7-13-14(16-10-5-2)12-9-6-8-11(3)15(12)17-13/h6,8-9,13-14,16H,4-5,7,10H2,1-3H3. The van der Waals surface area contributed by atoms with Crippen LogP contribution in [-0.4, -0.2) is 12.6 Å². The fourth-order valence-electron chi connectivity index (χ4n) is 2.55. The van der Waals surface area contributed by atoms with Gasteiger partial charge in [0.1, 0.15) is 11.9 Å². The number of para-hydroxylation sites is 1. The fraction of sp³-hybridized carbons (Fsp3) is 0.600. The van der Waals surface area contributed by atoms with Crippen molar-refractivity contribution in [2.45, 2.75) is 52.2 Å². The second-order valence-corrected chi connectivity index (χ2v) is 4.87. The van der Waals surface area contributed by atoms with Crippen molar-refractivity contribution >= 4 is 0 Å². The van der Waals surface area contributed by atoms with Gasteiger partial charge in [-0.2, -0.15) is 0 Å². The molecule has 0 saturated heterocycles. The number of rotatable bonds is 5. The van der Waals surface area contributed by atoms with Gasteiger partial charge < -0.3 is 10.1 Å². The molecule has 2 rings (SSSR count). The molecule has 94 valence electrons. The average Bonchev–Trinajstić information content (AvgIpc) is 2.67. The summed E-state index contributed by atoms with van der Waals surface area (Å²) in [5.41, 5.74) is 2.60. The SMILES string of the molecule is CCCNC1c2cccc(C)c2OC1CCC. The number of fused-ring (bicyclic) bond motifs is 1. The molecule has 2 heteroatoms. The lowest BCUT2D eigenvalue weighted by atomic mass is 9.99. The molecule has 2 atom stereocenters. The van der Waals surface area contributed by atoms with Crippen LogP contribution in [0.2, 0.25) is 0 Å². The Hall–Kier alpha value is -1.02. The molecular weight excluding hydrogens is 210 g/mol. The Morgan fingerprint density at radius 1 is 1.24 bits per heavy atom. The van der Waals surface area contributed by atoms with Gasteiger partial charge in [-0.1, -0.05) is 38.5 Å². The Kier molecular flexibility index (Phi) is 4.06. The van der Waals surface area contributed by atoms with Crippen molar-refractivity contribution in [2.24, 2.45) is 0 Å². The van der Waals surface area contributed by atoms with Gasteiger partial charge >= 0.3 is 0 Å². The first kappa shape index (κ1) is 12.4. The molecule has 1 aromatic carbocycles. The Bertz CT molecular complexity index is 375. The lowest BCUT2D eigenvalue weighted by Gasteiger charge is -2.19. The third-order valence-electron chi connectivity index (χ3n) is 3.41. The summed E-state index contributed by atoms with van der Waals surface area (Å²) >= 11 is 0. The number of nitrogens with one attached hydrogen (secondary N) is 1. The van der Waals surface area contributed by atoms with Crippen LogP contribution in [0.4, 0.5) is 0 Å². The average molecular weight is 233 g/mol. The van der Waals surface area contributed by atoms with Crippen molar-refractivity contribution in [1.29, 1.82) is 0 Å². The van der Waals surface area contributed by atoms with Gasteiger partial charge in [0, 0.05) is 5.56 Å². The highest BCUT2D eigenvalue weighted by molar-refractivity contribution is 5.46. The number of aryl methyl sites for hydroxylation is 1. The molecule has 1 heterocycles. The van der Waals surface area contributed by atoms with Crippen LogP contribution in [0.1, 0.15) is 50.3 Å². The molecule has 0 aromatic heterocycles. The summed E-state index contributed by atoms with van der Waals surface area (Å²) in [4.78, 5) is 0. The highest BCUT2D eigenvalue weighted by Gasteiger charge is 2.33. The van der Waals surface area contributed by atoms with Crippen molar-refractivity contribution in [3.63, 3.8) is 0 Å². The van der Waals surface area contributed by atoms with Crippen LogP contribution in [0.5, 0.6) is 5.75 Å². The van der Waals surface area contributed by atoms with E-state index in [1.165, 1.54) is 17.5 Å². The van der Waals surface area contributed by atoms with E-state index in [1.807, 2.05) is 0 Å². The van der Waals surface area contributed by atoms with Gasteiger partial charge in [0.2, 0.25) is 0 Å². The van der Waals surface area contributed by atoms with E-state index in [-0.39, 0.29) is 0 Å². The van der Waals surface area contributed by atoms with E-state index in [2.05, 4.69) is 44.3 Å². The van der Waals surface area contributed by atoms with Crippen molar-refractivity contribution in [3.8, 4) is 5.75 Å². The van der Waals surface area contributed by atoms with Crippen molar-refractivity contribution in [1.82, 2.24) is 5.32 Å². The quantitative estimate of drug-likeness (QED) is 0.839. The van der Waals surface area contributed by atoms with Gasteiger partial charge in [-0.15, -0.1) is 0 Å². The van der Waals surface area contributed by atoms with E-state index in [0.717, 1.165) is 25.1 Å². The fourth-order valence-corrected chi connectivity index (χ4v) is 2.55. The lowest BCUT2D eigenvalue weighted by Crippen LogP contribution is -2.31. The Morgan fingerprint density at radius 3 is 2.76 bits per heavy atom. The third-order valence-corrected chi connectivity index (χ3v) is 3.41. The maximum Gasteiger partial charge on any atom is 0.127 e. The van der Waals surface area contributed by atoms with Gasteiger partial charge in [0.25, 0.3) is 0 Å². The first-order chi connectivity index (χ1) is 8.27. The minimum absolute atomic E-state index is 0.308. The highest BCUT2D eigenvalue weighted by Crippen LogP contribution is 2.40. The van der Waals surface area contributed by atoms with Crippen LogP contribution < -0.4 is 10.1 Å². The Labute approximate surface area is 104 Å². The van der Waals surface area contributed by atoms with Crippen LogP contribution in [0, 0.1) is 6.92 Å².